The van der Waals surface area contributed by atoms with Crippen LogP contribution in [0, 0.1) is 25.2 Å². The third-order valence-corrected chi connectivity index (χ3v) is 3.76. The second-order valence-corrected chi connectivity index (χ2v) is 5.44. The summed E-state index contributed by atoms with van der Waals surface area (Å²) in [6.45, 7) is 8.06. The van der Waals surface area contributed by atoms with Gasteiger partial charge in [0, 0.05) is 23.0 Å². The second-order valence-electron chi connectivity index (χ2n) is 5.44. The number of aromatic nitrogens is 1. The van der Waals surface area contributed by atoms with E-state index in [0.717, 1.165) is 22.5 Å². The molecule has 0 aliphatic heterocycles. The Hall–Kier alpha value is -2.54. The summed E-state index contributed by atoms with van der Waals surface area (Å²) in [5.74, 6) is -0.422. The first-order valence-corrected chi connectivity index (χ1v) is 6.90. The maximum absolute atomic E-state index is 11.9. The van der Waals surface area contributed by atoms with Crippen LogP contribution >= 0.6 is 0 Å². The first kappa shape index (κ1) is 14.9. The molecule has 2 rings (SSSR count). The minimum absolute atomic E-state index is 0.246. The third kappa shape index (κ3) is 2.43. The lowest BCUT2D eigenvalue weighted by Crippen LogP contribution is -2.14. The number of rotatable bonds is 3. The highest BCUT2D eigenvalue weighted by Crippen LogP contribution is 2.34. The van der Waals surface area contributed by atoms with Gasteiger partial charge in [-0.1, -0.05) is 12.1 Å². The predicted molar refractivity (Wildman–Crippen MR) is 83.0 cm³/mol. The van der Waals surface area contributed by atoms with Crippen molar-refractivity contribution < 1.29 is 4.79 Å². The molecule has 0 radical (unpaired) electrons. The van der Waals surface area contributed by atoms with Crippen molar-refractivity contribution in [3.05, 3.63) is 46.8 Å². The van der Waals surface area contributed by atoms with Gasteiger partial charge >= 0.3 is 0 Å². The van der Waals surface area contributed by atoms with Gasteiger partial charge < -0.3 is 10.3 Å². The zero-order valence-corrected chi connectivity index (χ0v) is 12.8. The number of carbonyl (C=O) groups excluding carboxylic acids is 1. The first-order chi connectivity index (χ1) is 9.88. The Morgan fingerprint density at radius 2 is 1.76 bits per heavy atom. The van der Waals surface area contributed by atoms with Gasteiger partial charge in [0.2, 0.25) is 0 Å². The van der Waals surface area contributed by atoms with Crippen molar-refractivity contribution in [1.29, 1.82) is 5.26 Å². The van der Waals surface area contributed by atoms with Crippen molar-refractivity contribution in [2.45, 2.75) is 33.7 Å². The van der Waals surface area contributed by atoms with Crippen molar-refractivity contribution >= 4 is 5.91 Å². The normalized spacial score (nSPS) is 10.7. The van der Waals surface area contributed by atoms with E-state index < -0.39 is 5.91 Å². The number of benzene rings is 1. The summed E-state index contributed by atoms with van der Waals surface area (Å²) >= 11 is 0. The molecule has 0 aliphatic carbocycles. The molecule has 108 valence electrons. The van der Waals surface area contributed by atoms with E-state index in [1.807, 2.05) is 26.0 Å². The molecule has 1 heterocycles. The van der Waals surface area contributed by atoms with Crippen LogP contribution in [0.3, 0.4) is 0 Å². The predicted octanol–water partition coefficient (Wildman–Crippen LogP) is 3.32. The summed E-state index contributed by atoms with van der Waals surface area (Å²) in [4.78, 5) is 11.9. The fourth-order valence-corrected chi connectivity index (χ4v) is 3.00. The lowest BCUT2D eigenvalue weighted by atomic mass is 9.99. The van der Waals surface area contributed by atoms with E-state index in [1.165, 1.54) is 0 Å². The summed E-state index contributed by atoms with van der Waals surface area (Å²) in [5.41, 5.74) is 10.4. The average Bonchev–Trinajstić information content (AvgIpc) is 2.70. The smallest absolute Gasteiger partial charge is 0.251 e. The molecule has 4 nitrogen and oxygen atoms in total. The molecule has 4 heteroatoms. The van der Waals surface area contributed by atoms with Gasteiger partial charge in [0.25, 0.3) is 5.91 Å². The number of amides is 1. The highest BCUT2D eigenvalue weighted by atomic mass is 16.1. The summed E-state index contributed by atoms with van der Waals surface area (Å²) in [5, 5.41) is 8.89. The molecule has 2 aromatic rings. The fourth-order valence-electron chi connectivity index (χ4n) is 3.00. The molecular formula is C17H19N3O. The van der Waals surface area contributed by atoms with Crippen molar-refractivity contribution in [1.82, 2.24) is 4.57 Å². The Balaban J connectivity index is 2.75. The van der Waals surface area contributed by atoms with Crippen molar-refractivity contribution in [3.8, 4) is 17.2 Å². The molecule has 0 fully saturated rings. The zero-order chi connectivity index (χ0) is 15.7. The fraction of sp³-hybridized carbons (Fsp3) is 0.294. The van der Waals surface area contributed by atoms with Gasteiger partial charge in [-0.15, -0.1) is 0 Å². The molecule has 0 spiro atoms. The second kappa shape index (κ2) is 5.45. The molecule has 1 aromatic heterocycles. The summed E-state index contributed by atoms with van der Waals surface area (Å²) in [6, 6.07) is 9.56. The summed E-state index contributed by atoms with van der Waals surface area (Å²) in [7, 11) is 0. The van der Waals surface area contributed by atoms with Gasteiger partial charge in [0.05, 0.1) is 17.2 Å². The molecular weight excluding hydrogens is 262 g/mol. The Labute approximate surface area is 124 Å². The van der Waals surface area contributed by atoms with E-state index in [2.05, 4.69) is 24.5 Å². The van der Waals surface area contributed by atoms with Crippen LogP contribution in [-0.2, 0) is 0 Å². The average molecular weight is 281 g/mol. The maximum atomic E-state index is 11.9. The number of carbonyl (C=O) groups is 1. The van der Waals surface area contributed by atoms with Crippen LogP contribution < -0.4 is 5.73 Å². The molecule has 0 bridgehead atoms. The lowest BCUT2D eigenvalue weighted by Gasteiger charge is -2.13. The van der Waals surface area contributed by atoms with Gasteiger partial charge in [-0.3, -0.25) is 4.79 Å². The van der Waals surface area contributed by atoms with Gasteiger partial charge in [0.1, 0.15) is 0 Å². The first-order valence-electron chi connectivity index (χ1n) is 6.90. The molecule has 21 heavy (non-hydrogen) atoms. The van der Waals surface area contributed by atoms with E-state index in [9.17, 15) is 4.79 Å². The largest absolute Gasteiger partial charge is 0.366 e. The Bertz CT molecular complexity index is 731. The van der Waals surface area contributed by atoms with Crippen LogP contribution in [-0.4, -0.2) is 10.5 Å². The van der Waals surface area contributed by atoms with E-state index >= 15 is 0 Å². The SMILES string of the molecule is Cc1c(C(N)=O)c(-c2ccc(C#N)cc2)c(C)n1C(C)C. The standard InChI is InChI=1S/C17H19N3O/c1-10(2)20-11(3)15(16(12(20)4)17(19)21)14-7-5-13(9-18)6-8-14/h5-8,10H,1-4H3,(H2,19,21). The van der Waals surface area contributed by atoms with Crippen LogP contribution in [0.15, 0.2) is 24.3 Å². The molecule has 1 amide bonds. The molecule has 1 aromatic carbocycles. The monoisotopic (exact) mass is 281 g/mol. The number of nitriles is 1. The molecule has 2 N–H and O–H groups in total. The number of hydrogen-bond acceptors (Lipinski definition) is 2. The molecule has 0 unspecified atom stereocenters. The zero-order valence-electron chi connectivity index (χ0n) is 12.8. The van der Waals surface area contributed by atoms with Gasteiger partial charge in [0.15, 0.2) is 0 Å². The number of hydrogen-bond donors (Lipinski definition) is 1. The van der Waals surface area contributed by atoms with Crippen molar-refractivity contribution in [2.75, 3.05) is 0 Å². The van der Waals surface area contributed by atoms with Crippen LogP contribution in [0.1, 0.15) is 47.2 Å². The Morgan fingerprint density at radius 3 is 2.19 bits per heavy atom. The molecule has 0 saturated heterocycles. The number of primary amides is 1. The number of nitrogens with two attached hydrogens (primary N) is 1. The van der Waals surface area contributed by atoms with Crippen LogP contribution in [0.4, 0.5) is 0 Å². The summed E-state index contributed by atoms with van der Waals surface area (Å²) in [6.07, 6.45) is 0. The minimum Gasteiger partial charge on any atom is -0.366 e. The minimum atomic E-state index is -0.422. The molecule has 0 aliphatic rings. The molecule has 0 saturated carbocycles. The van der Waals surface area contributed by atoms with Crippen LogP contribution in [0.25, 0.3) is 11.1 Å². The highest BCUT2D eigenvalue weighted by molar-refractivity contribution is 6.02. The van der Waals surface area contributed by atoms with E-state index in [4.69, 9.17) is 11.0 Å². The van der Waals surface area contributed by atoms with Crippen LogP contribution in [0.2, 0.25) is 0 Å². The quantitative estimate of drug-likeness (QED) is 0.937. The summed E-state index contributed by atoms with van der Waals surface area (Å²) < 4.78 is 2.12. The Kier molecular flexibility index (Phi) is 3.86. The molecule has 0 atom stereocenters. The Morgan fingerprint density at radius 1 is 1.19 bits per heavy atom. The van der Waals surface area contributed by atoms with Crippen LogP contribution in [0.5, 0.6) is 0 Å². The lowest BCUT2D eigenvalue weighted by molar-refractivity contribution is 0.1000. The van der Waals surface area contributed by atoms with E-state index in [1.54, 1.807) is 12.1 Å². The van der Waals surface area contributed by atoms with Crippen molar-refractivity contribution in [3.63, 3.8) is 0 Å². The van der Waals surface area contributed by atoms with Gasteiger partial charge in [-0.25, -0.2) is 0 Å². The van der Waals surface area contributed by atoms with E-state index in [0.29, 0.717) is 11.1 Å². The van der Waals surface area contributed by atoms with E-state index in [-0.39, 0.29) is 6.04 Å². The van der Waals surface area contributed by atoms with Gasteiger partial charge in [-0.05, 0) is 45.4 Å². The van der Waals surface area contributed by atoms with Crippen molar-refractivity contribution in [2.24, 2.45) is 5.73 Å². The highest BCUT2D eigenvalue weighted by Gasteiger charge is 2.23. The topological polar surface area (TPSA) is 71.8 Å². The third-order valence-electron chi connectivity index (χ3n) is 3.76. The van der Waals surface area contributed by atoms with Gasteiger partial charge in [-0.2, -0.15) is 5.26 Å². The number of nitrogens with zero attached hydrogens (tertiary/aromatic N) is 2. The maximum Gasteiger partial charge on any atom is 0.251 e.